The van der Waals surface area contributed by atoms with Gasteiger partial charge in [0, 0.05) is 12.1 Å². The van der Waals surface area contributed by atoms with Crippen LogP contribution in [0.2, 0.25) is 0 Å². The minimum absolute atomic E-state index is 0.133. The molecule has 1 aromatic heterocycles. The van der Waals surface area contributed by atoms with Crippen molar-refractivity contribution in [3.05, 3.63) is 77.7 Å². The summed E-state index contributed by atoms with van der Waals surface area (Å²) < 4.78 is 17.0. The normalized spacial score (nSPS) is 16.1. The fraction of sp³-hybridized carbons (Fsp3) is 0.355. The van der Waals surface area contributed by atoms with Crippen molar-refractivity contribution in [1.29, 1.82) is 0 Å². The van der Waals surface area contributed by atoms with Gasteiger partial charge in [0.25, 0.3) is 0 Å². The number of carbonyl (C=O) groups excluding carboxylic acids is 1. The van der Waals surface area contributed by atoms with Crippen LogP contribution in [-0.2, 0) is 11.3 Å². The van der Waals surface area contributed by atoms with Crippen LogP contribution in [0.3, 0.4) is 0 Å². The number of rotatable bonds is 5. The third-order valence-electron chi connectivity index (χ3n) is 6.64. The number of amides is 1. The van der Waals surface area contributed by atoms with Gasteiger partial charge in [-0.1, -0.05) is 53.2 Å². The second kappa shape index (κ2) is 10.9. The lowest BCUT2D eigenvalue weighted by Gasteiger charge is -2.24. The maximum Gasteiger partial charge on any atom is 0.435 e. The Bertz CT molecular complexity index is 1500. The molecular weight excluding hydrogens is 492 g/mol. The summed E-state index contributed by atoms with van der Waals surface area (Å²) in [6.45, 7) is 10.6. The summed E-state index contributed by atoms with van der Waals surface area (Å²) in [7, 11) is 0. The molecule has 4 aromatic rings. The van der Waals surface area contributed by atoms with Crippen LogP contribution in [0.4, 0.5) is 4.79 Å². The monoisotopic (exact) mass is 526 g/mol. The highest BCUT2D eigenvalue weighted by Crippen LogP contribution is 2.33. The first kappa shape index (κ1) is 26.4. The lowest BCUT2D eigenvalue weighted by atomic mass is 10.1. The van der Waals surface area contributed by atoms with Crippen molar-refractivity contribution < 1.29 is 18.8 Å². The van der Waals surface area contributed by atoms with E-state index in [4.69, 9.17) is 19.0 Å². The highest BCUT2D eigenvalue weighted by Gasteiger charge is 2.32. The number of nitrogens with zero attached hydrogens (tertiary/aromatic N) is 4. The molecule has 3 aromatic carbocycles. The molecule has 0 N–H and O–H groups in total. The van der Waals surface area contributed by atoms with E-state index in [1.807, 2.05) is 62.9 Å². The van der Waals surface area contributed by atoms with Gasteiger partial charge >= 0.3 is 6.09 Å². The average Bonchev–Trinajstić information content (AvgIpc) is 3.57. The van der Waals surface area contributed by atoms with Gasteiger partial charge in [0.2, 0.25) is 11.7 Å². The Kier molecular flexibility index (Phi) is 7.37. The van der Waals surface area contributed by atoms with Crippen molar-refractivity contribution in [2.75, 3.05) is 6.54 Å². The quantitative estimate of drug-likeness (QED) is 0.200. The first-order chi connectivity index (χ1) is 18.6. The largest absolute Gasteiger partial charge is 0.489 e. The Hall–Kier alpha value is -4.20. The summed E-state index contributed by atoms with van der Waals surface area (Å²) in [6.07, 6.45) is 1.18. The van der Waals surface area contributed by atoms with Gasteiger partial charge in [-0.2, -0.15) is 9.98 Å². The predicted molar refractivity (Wildman–Crippen MR) is 151 cm³/mol. The van der Waals surface area contributed by atoms with Crippen LogP contribution in [-0.4, -0.2) is 39.1 Å². The number of hydrogen-bond donors (Lipinski definition) is 0. The number of carbonyl (C=O) groups is 1. The lowest BCUT2D eigenvalue weighted by Crippen LogP contribution is -2.30. The molecule has 0 saturated carbocycles. The fourth-order valence-electron chi connectivity index (χ4n) is 4.68. The van der Waals surface area contributed by atoms with E-state index < -0.39 is 11.7 Å². The number of likely N-dealkylation sites (tertiary alicyclic amines) is 1. The third-order valence-corrected chi connectivity index (χ3v) is 6.64. The Morgan fingerprint density at radius 3 is 2.59 bits per heavy atom. The molecular formula is C31H34N4O4. The summed E-state index contributed by atoms with van der Waals surface area (Å²) in [4.78, 5) is 23.1. The van der Waals surface area contributed by atoms with Gasteiger partial charge in [-0.3, -0.25) is 0 Å². The standard InChI is InChI=1S/C31H34N4O4/c1-20-8-10-22(11-9-20)19-37-26-15-14-23-17-25(13-12-24(23)18-26)28-33-29(39-34-28)27-7-6-16-35(27)21(2)32-30(36)38-31(3,4)5/h8-15,17-18,27H,6-7,16,19H2,1-5H3/t27-/m0/s1. The Morgan fingerprint density at radius 1 is 1.08 bits per heavy atom. The van der Waals surface area contributed by atoms with Gasteiger partial charge in [-0.05, 0) is 82.0 Å². The second-order valence-corrected chi connectivity index (χ2v) is 10.9. The topological polar surface area (TPSA) is 90.0 Å². The summed E-state index contributed by atoms with van der Waals surface area (Å²) in [5.74, 6) is 2.45. The molecule has 1 saturated heterocycles. The molecule has 202 valence electrons. The molecule has 1 fully saturated rings. The van der Waals surface area contributed by atoms with Crippen LogP contribution in [0.1, 0.15) is 63.6 Å². The van der Waals surface area contributed by atoms with Crippen LogP contribution in [0.15, 0.2) is 70.2 Å². The second-order valence-electron chi connectivity index (χ2n) is 10.9. The van der Waals surface area contributed by atoms with Crippen molar-refractivity contribution in [3.8, 4) is 17.1 Å². The average molecular weight is 527 g/mol. The lowest BCUT2D eigenvalue weighted by molar-refractivity contribution is 0.0601. The maximum atomic E-state index is 12.2. The van der Waals surface area contributed by atoms with Crippen LogP contribution >= 0.6 is 0 Å². The molecule has 1 atom stereocenters. The number of amidine groups is 1. The van der Waals surface area contributed by atoms with Crippen molar-refractivity contribution >= 4 is 22.7 Å². The van der Waals surface area contributed by atoms with E-state index in [-0.39, 0.29) is 6.04 Å². The number of aliphatic imine (C=N–C) groups is 1. The zero-order chi connectivity index (χ0) is 27.6. The number of ether oxygens (including phenoxy) is 2. The van der Waals surface area contributed by atoms with Gasteiger partial charge in [0.1, 0.15) is 29.8 Å². The Labute approximate surface area is 228 Å². The molecule has 0 spiro atoms. The zero-order valence-corrected chi connectivity index (χ0v) is 23.1. The molecule has 0 radical (unpaired) electrons. The minimum atomic E-state index is -0.600. The van der Waals surface area contributed by atoms with E-state index in [0.717, 1.165) is 47.0 Å². The highest BCUT2D eigenvalue weighted by atomic mass is 16.6. The highest BCUT2D eigenvalue weighted by molar-refractivity contribution is 5.90. The molecule has 1 aliphatic heterocycles. The minimum Gasteiger partial charge on any atom is -0.489 e. The van der Waals surface area contributed by atoms with Gasteiger partial charge in [-0.15, -0.1) is 0 Å². The van der Waals surface area contributed by atoms with Gasteiger partial charge in [0.15, 0.2) is 0 Å². The van der Waals surface area contributed by atoms with Crippen molar-refractivity contribution in [1.82, 2.24) is 15.0 Å². The smallest absolute Gasteiger partial charge is 0.435 e. The summed E-state index contributed by atoms with van der Waals surface area (Å²) in [6, 6.07) is 20.4. The van der Waals surface area contributed by atoms with E-state index in [2.05, 4.69) is 47.4 Å². The van der Waals surface area contributed by atoms with Crippen LogP contribution in [0.5, 0.6) is 5.75 Å². The summed E-state index contributed by atoms with van der Waals surface area (Å²) in [5.41, 5.74) is 2.64. The fourth-order valence-corrected chi connectivity index (χ4v) is 4.68. The van der Waals surface area contributed by atoms with Crippen molar-refractivity contribution in [2.24, 2.45) is 4.99 Å². The molecule has 2 heterocycles. The molecule has 1 aliphatic rings. The number of hydrogen-bond acceptors (Lipinski definition) is 6. The number of aromatic nitrogens is 2. The maximum absolute atomic E-state index is 12.2. The molecule has 0 unspecified atom stereocenters. The van der Waals surface area contributed by atoms with Gasteiger partial charge < -0.3 is 18.9 Å². The van der Waals surface area contributed by atoms with E-state index in [1.165, 1.54) is 5.56 Å². The Balaban J connectivity index is 1.28. The number of aryl methyl sites for hydroxylation is 1. The SMILES string of the molecule is CC(=NC(=O)OC(C)(C)C)N1CCC[C@H]1c1nc(-c2ccc3cc(OCc4ccc(C)cc4)ccc3c2)no1. The van der Waals surface area contributed by atoms with Crippen LogP contribution < -0.4 is 4.74 Å². The third kappa shape index (κ3) is 6.45. The summed E-state index contributed by atoms with van der Waals surface area (Å²) >= 11 is 0. The van der Waals surface area contributed by atoms with E-state index in [9.17, 15) is 4.79 Å². The van der Waals surface area contributed by atoms with E-state index >= 15 is 0 Å². The van der Waals surface area contributed by atoms with Crippen molar-refractivity contribution in [2.45, 2.75) is 65.7 Å². The van der Waals surface area contributed by atoms with Crippen LogP contribution in [0.25, 0.3) is 22.2 Å². The predicted octanol–water partition coefficient (Wildman–Crippen LogP) is 7.27. The summed E-state index contributed by atoms with van der Waals surface area (Å²) in [5, 5.41) is 6.39. The molecule has 1 amide bonds. The first-order valence-electron chi connectivity index (χ1n) is 13.3. The van der Waals surface area contributed by atoms with Gasteiger partial charge in [0.05, 0.1) is 0 Å². The van der Waals surface area contributed by atoms with Crippen LogP contribution in [0, 0.1) is 6.92 Å². The Morgan fingerprint density at radius 2 is 1.82 bits per heavy atom. The molecule has 8 nitrogen and oxygen atoms in total. The molecule has 0 bridgehead atoms. The van der Waals surface area contributed by atoms with Gasteiger partial charge in [-0.25, -0.2) is 4.79 Å². The van der Waals surface area contributed by atoms with E-state index in [1.54, 1.807) is 0 Å². The van der Waals surface area contributed by atoms with E-state index in [0.29, 0.717) is 24.2 Å². The molecule has 39 heavy (non-hydrogen) atoms. The molecule has 0 aliphatic carbocycles. The number of benzene rings is 3. The molecule has 5 rings (SSSR count). The zero-order valence-electron chi connectivity index (χ0n) is 23.1. The molecule has 8 heteroatoms. The first-order valence-corrected chi connectivity index (χ1v) is 13.3. The van der Waals surface area contributed by atoms with Crippen molar-refractivity contribution in [3.63, 3.8) is 0 Å². The number of fused-ring (bicyclic) bond motifs is 1.